The first-order valence-corrected chi connectivity index (χ1v) is 22.8. The zero-order valence-electron chi connectivity index (χ0n) is 36.1. The van der Waals surface area contributed by atoms with E-state index in [1.165, 1.54) is 0 Å². The Bertz CT molecular complexity index is 2550. The second kappa shape index (κ2) is 17.3. The summed E-state index contributed by atoms with van der Waals surface area (Å²) in [5.74, 6) is -1.23. The predicted molar refractivity (Wildman–Crippen MR) is 230 cm³/mol. The number of imide groups is 2. The molecule has 15 nitrogen and oxygen atoms in total. The van der Waals surface area contributed by atoms with Gasteiger partial charge in [0.15, 0.2) is 5.82 Å². The average Bonchev–Trinajstić information content (AvgIpc) is 3.99. The Morgan fingerprint density at radius 2 is 1.61 bits per heavy atom. The van der Waals surface area contributed by atoms with Crippen LogP contribution in [-0.2, 0) is 58.0 Å². The lowest BCUT2D eigenvalue weighted by atomic mass is 9.92. The molecule has 64 heavy (non-hydrogen) atoms. The summed E-state index contributed by atoms with van der Waals surface area (Å²) in [4.78, 5) is 70.7. The number of piperidine rings is 1. The summed E-state index contributed by atoms with van der Waals surface area (Å²) in [6, 6.07) is 6.38. The maximum Gasteiger partial charge on any atom is 0.264 e. The van der Waals surface area contributed by atoms with Crippen LogP contribution in [-0.4, -0.2) is 109 Å². The molecule has 1 unspecified atom stereocenters. The third-order valence-electron chi connectivity index (χ3n) is 14.1. The second-order valence-corrected chi connectivity index (χ2v) is 18.0. The molecule has 6 aliphatic rings. The van der Waals surface area contributed by atoms with Crippen molar-refractivity contribution in [1.29, 1.82) is 0 Å². The standard InChI is InChI=1S/C47H53F2N9O6/c1-28(59)54-17-10-39-38(27-54)44(52-58(39)33-11-18-64-19-12-33)56-15-5-6-30-21-34(35(43(48)49)23-41(30)56)32-24-50-55(26-32)14-4-2-3-13-53-16-9-29-20-36-37(22-31(29)25-53)47(63)57(46(36)62)40-7-8-42(60)51-45(40)61/h20-24,26,33,40,43H,2-19,25,27H2,1H3,(H,51,60,61). The van der Waals surface area contributed by atoms with Gasteiger partial charge in [0, 0.05) is 100.0 Å². The number of hydrogen-bond donors (Lipinski definition) is 1. The van der Waals surface area contributed by atoms with Crippen molar-refractivity contribution in [3.05, 3.63) is 81.3 Å². The fourth-order valence-electron chi connectivity index (χ4n) is 10.6. The summed E-state index contributed by atoms with van der Waals surface area (Å²) < 4.78 is 39.7. The topological polar surface area (TPSA) is 155 Å². The van der Waals surface area contributed by atoms with E-state index in [4.69, 9.17) is 9.84 Å². The number of fused-ring (bicyclic) bond motifs is 4. The SMILES string of the molecule is CC(=O)N1CCc2c(c(N3CCCc4cc(-c5cnn(CCCCCN6CCc7cc8c(cc7C6)C(=O)N(C6CCC(=O)NC6=O)C8=O)c5)c(C(F)F)cc43)nn2C2CCOCC2)C1. The Balaban J connectivity index is 0.781. The third-order valence-corrected chi connectivity index (χ3v) is 14.1. The number of halogens is 2. The smallest absolute Gasteiger partial charge is 0.264 e. The van der Waals surface area contributed by atoms with Crippen LogP contribution >= 0.6 is 0 Å². The van der Waals surface area contributed by atoms with Crippen LogP contribution in [0.15, 0.2) is 36.7 Å². The van der Waals surface area contributed by atoms with Crippen LogP contribution in [0.2, 0.25) is 0 Å². The fraction of sp³-hybridized carbons (Fsp3) is 0.511. The molecular formula is C47H53F2N9O6. The van der Waals surface area contributed by atoms with Crippen molar-refractivity contribution < 1.29 is 37.5 Å². The van der Waals surface area contributed by atoms with Gasteiger partial charge in [0.25, 0.3) is 18.2 Å². The summed E-state index contributed by atoms with van der Waals surface area (Å²) in [7, 11) is 0. The quantitative estimate of drug-likeness (QED) is 0.148. The molecule has 2 aromatic carbocycles. The van der Waals surface area contributed by atoms with Crippen molar-refractivity contribution in [2.45, 2.75) is 116 Å². The number of hydrogen-bond acceptors (Lipinski definition) is 10. The molecule has 17 heteroatoms. The third kappa shape index (κ3) is 7.79. The number of alkyl halides is 2. The molecule has 0 bridgehead atoms. The van der Waals surface area contributed by atoms with Gasteiger partial charge in [-0.1, -0.05) is 6.42 Å². The molecule has 8 heterocycles. The number of nitrogens with one attached hydrogen (secondary N) is 1. The lowest BCUT2D eigenvalue weighted by Gasteiger charge is -2.33. The Morgan fingerprint density at radius 1 is 0.844 bits per heavy atom. The number of rotatable bonds is 11. The van der Waals surface area contributed by atoms with Gasteiger partial charge in [-0.3, -0.25) is 48.5 Å². The minimum Gasteiger partial charge on any atom is -0.381 e. The Hall–Kier alpha value is -5.81. The number of aromatic nitrogens is 4. The van der Waals surface area contributed by atoms with Crippen molar-refractivity contribution >= 4 is 41.0 Å². The van der Waals surface area contributed by atoms with Gasteiger partial charge >= 0.3 is 0 Å². The molecule has 2 aromatic heterocycles. The minimum atomic E-state index is -2.70. The summed E-state index contributed by atoms with van der Waals surface area (Å²) in [5.41, 5.74) is 7.64. The van der Waals surface area contributed by atoms with E-state index in [1.807, 2.05) is 21.8 Å². The largest absolute Gasteiger partial charge is 0.381 e. The van der Waals surface area contributed by atoms with E-state index in [2.05, 4.69) is 24.9 Å². The number of ether oxygens (including phenoxy) is 1. The first kappa shape index (κ1) is 42.2. The van der Waals surface area contributed by atoms with Crippen LogP contribution in [0.1, 0.15) is 125 Å². The molecule has 0 spiro atoms. The molecule has 336 valence electrons. The van der Waals surface area contributed by atoms with Crippen LogP contribution in [0.4, 0.5) is 20.3 Å². The maximum atomic E-state index is 15.0. The van der Waals surface area contributed by atoms with Crippen LogP contribution < -0.4 is 10.2 Å². The molecule has 2 fully saturated rings. The van der Waals surface area contributed by atoms with E-state index in [0.717, 1.165) is 109 Å². The van der Waals surface area contributed by atoms with Crippen LogP contribution in [0.5, 0.6) is 0 Å². The molecule has 10 rings (SSSR count). The van der Waals surface area contributed by atoms with Gasteiger partial charge in [-0.15, -0.1) is 0 Å². The van der Waals surface area contributed by atoms with Gasteiger partial charge in [-0.2, -0.15) is 10.2 Å². The Morgan fingerprint density at radius 3 is 2.38 bits per heavy atom. The lowest BCUT2D eigenvalue weighted by Crippen LogP contribution is -2.54. The highest BCUT2D eigenvalue weighted by atomic mass is 19.3. The maximum absolute atomic E-state index is 15.0. The molecule has 0 aliphatic carbocycles. The molecule has 1 atom stereocenters. The van der Waals surface area contributed by atoms with Gasteiger partial charge in [0.2, 0.25) is 17.7 Å². The normalized spacial score (nSPS) is 20.4. The van der Waals surface area contributed by atoms with Gasteiger partial charge in [0.1, 0.15) is 6.04 Å². The van der Waals surface area contributed by atoms with Crippen molar-refractivity contribution in [2.75, 3.05) is 44.3 Å². The molecule has 2 saturated heterocycles. The van der Waals surface area contributed by atoms with E-state index in [0.29, 0.717) is 74.6 Å². The second-order valence-electron chi connectivity index (χ2n) is 18.0. The summed E-state index contributed by atoms with van der Waals surface area (Å²) in [5, 5.41) is 12.0. The van der Waals surface area contributed by atoms with E-state index >= 15 is 8.78 Å². The lowest BCUT2D eigenvalue weighted by molar-refractivity contribution is -0.136. The summed E-state index contributed by atoms with van der Waals surface area (Å²) in [6.07, 6.45) is 8.53. The highest BCUT2D eigenvalue weighted by Crippen LogP contribution is 2.44. The van der Waals surface area contributed by atoms with Gasteiger partial charge in [-0.25, -0.2) is 8.78 Å². The van der Waals surface area contributed by atoms with E-state index in [-0.39, 0.29) is 30.4 Å². The van der Waals surface area contributed by atoms with Gasteiger partial charge in [0.05, 0.1) is 29.9 Å². The number of nitrogens with zero attached hydrogens (tertiary/aromatic N) is 8. The molecule has 0 saturated carbocycles. The molecule has 5 amide bonds. The number of amides is 5. The Labute approximate surface area is 369 Å². The van der Waals surface area contributed by atoms with Crippen molar-refractivity contribution in [3.8, 4) is 11.1 Å². The Kier molecular flexibility index (Phi) is 11.4. The molecule has 4 aromatic rings. The zero-order valence-corrected chi connectivity index (χ0v) is 36.1. The first-order valence-electron chi connectivity index (χ1n) is 22.8. The van der Waals surface area contributed by atoms with Crippen molar-refractivity contribution in [2.24, 2.45) is 0 Å². The number of unbranched alkanes of at least 4 members (excludes halogenated alkanes) is 2. The number of anilines is 2. The zero-order chi connectivity index (χ0) is 44.2. The highest BCUT2D eigenvalue weighted by Gasteiger charge is 2.45. The number of aryl methyl sites for hydroxylation is 2. The van der Waals surface area contributed by atoms with E-state index in [9.17, 15) is 24.0 Å². The number of benzene rings is 2. The molecule has 0 radical (unpaired) electrons. The number of carbonyl (C=O) groups excluding carboxylic acids is 5. The molecular weight excluding hydrogens is 825 g/mol. The van der Waals surface area contributed by atoms with Crippen LogP contribution in [0.25, 0.3) is 11.1 Å². The van der Waals surface area contributed by atoms with Crippen molar-refractivity contribution in [3.63, 3.8) is 0 Å². The van der Waals surface area contributed by atoms with E-state index in [1.54, 1.807) is 31.3 Å². The average molecular weight is 878 g/mol. The van der Waals surface area contributed by atoms with Gasteiger partial charge < -0.3 is 14.5 Å². The fourth-order valence-corrected chi connectivity index (χ4v) is 10.6. The summed E-state index contributed by atoms with van der Waals surface area (Å²) >= 11 is 0. The minimum absolute atomic E-state index is 0.0117. The van der Waals surface area contributed by atoms with Gasteiger partial charge in [-0.05, 0) is 104 Å². The summed E-state index contributed by atoms with van der Waals surface area (Å²) in [6.45, 7) is 7.63. The molecule has 1 N–H and O–H groups in total. The highest BCUT2D eigenvalue weighted by molar-refractivity contribution is 6.23. The first-order chi connectivity index (χ1) is 31.0. The number of carbonyl (C=O) groups is 5. The molecule has 6 aliphatic heterocycles. The van der Waals surface area contributed by atoms with Crippen LogP contribution in [0.3, 0.4) is 0 Å². The van der Waals surface area contributed by atoms with E-state index < -0.39 is 36.1 Å². The predicted octanol–water partition coefficient (Wildman–Crippen LogP) is 5.65. The van der Waals surface area contributed by atoms with Crippen LogP contribution in [0, 0.1) is 0 Å². The van der Waals surface area contributed by atoms with Crippen molar-refractivity contribution in [1.82, 2.24) is 39.6 Å². The monoisotopic (exact) mass is 877 g/mol.